The van der Waals surface area contributed by atoms with Crippen LogP contribution in [-0.4, -0.2) is 0 Å². The van der Waals surface area contributed by atoms with Gasteiger partial charge in [-0.2, -0.15) is 0 Å². The smallest absolute Gasteiger partial charge is 0.00110 e. The number of allylic oxidation sites excluding steroid dienone is 4. The van der Waals surface area contributed by atoms with Crippen molar-refractivity contribution in [3.8, 4) is 11.8 Å². The van der Waals surface area contributed by atoms with Crippen LogP contribution in [0.25, 0.3) is 0 Å². The second-order valence-electron chi connectivity index (χ2n) is 1.75. The molecule has 0 spiro atoms. The van der Waals surface area contributed by atoms with E-state index in [1.807, 2.05) is 39.0 Å². The minimum Gasteiger partial charge on any atom is -0.102 e. The van der Waals surface area contributed by atoms with E-state index < -0.39 is 0 Å². The summed E-state index contributed by atoms with van der Waals surface area (Å²) < 4.78 is 0. The SMILES string of the molecule is CC#C/C(C)=C\C=C\C. The minimum absolute atomic E-state index is 1.11. The number of hydrogen-bond acceptors (Lipinski definition) is 0. The van der Waals surface area contributed by atoms with Crippen LogP contribution in [0.2, 0.25) is 0 Å². The largest absolute Gasteiger partial charge is 0.102 e. The van der Waals surface area contributed by atoms with Gasteiger partial charge in [-0.05, 0) is 26.3 Å². The third-order valence-electron chi connectivity index (χ3n) is 0.861. The van der Waals surface area contributed by atoms with Gasteiger partial charge in [0.15, 0.2) is 0 Å². The van der Waals surface area contributed by atoms with Crippen molar-refractivity contribution < 1.29 is 0 Å². The van der Waals surface area contributed by atoms with E-state index in [0.29, 0.717) is 0 Å². The monoisotopic (exact) mass is 120 g/mol. The second kappa shape index (κ2) is 5.18. The van der Waals surface area contributed by atoms with Gasteiger partial charge in [-0.25, -0.2) is 0 Å². The predicted molar refractivity (Wildman–Crippen MR) is 42.0 cm³/mol. The Morgan fingerprint density at radius 1 is 1.44 bits per heavy atom. The van der Waals surface area contributed by atoms with E-state index in [9.17, 15) is 0 Å². The summed E-state index contributed by atoms with van der Waals surface area (Å²) in [4.78, 5) is 0. The van der Waals surface area contributed by atoms with Crippen molar-refractivity contribution in [3.05, 3.63) is 23.8 Å². The third kappa shape index (κ3) is 4.90. The molecule has 0 heteroatoms. The highest BCUT2D eigenvalue weighted by atomic mass is 13.8. The lowest BCUT2D eigenvalue weighted by molar-refractivity contribution is 1.56. The fourth-order valence-corrected chi connectivity index (χ4v) is 0.479. The van der Waals surface area contributed by atoms with Gasteiger partial charge in [0.1, 0.15) is 0 Å². The molecule has 0 aromatic heterocycles. The summed E-state index contributed by atoms with van der Waals surface area (Å²) in [5.74, 6) is 5.76. The lowest BCUT2D eigenvalue weighted by Crippen LogP contribution is -1.63. The second-order valence-corrected chi connectivity index (χ2v) is 1.75. The van der Waals surface area contributed by atoms with Gasteiger partial charge < -0.3 is 0 Å². The molecule has 0 bridgehead atoms. The minimum atomic E-state index is 1.11. The average Bonchev–Trinajstić information content (AvgIpc) is 1.85. The third-order valence-corrected chi connectivity index (χ3v) is 0.861. The zero-order chi connectivity index (χ0) is 7.11. The van der Waals surface area contributed by atoms with Crippen LogP contribution in [0.1, 0.15) is 20.8 Å². The van der Waals surface area contributed by atoms with Gasteiger partial charge in [0.05, 0.1) is 0 Å². The predicted octanol–water partition coefficient (Wildman–Crippen LogP) is 2.53. The topological polar surface area (TPSA) is 0 Å². The molecule has 0 aromatic carbocycles. The molecule has 0 aliphatic rings. The lowest BCUT2D eigenvalue weighted by Gasteiger charge is -1.79. The molecule has 0 rings (SSSR count). The van der Waals surface area contributed by atoms with Crippen molar-refractivity contribution in [2.75, 3.05) is 0 Å². The van der Waals surface area contributed by atoms with E-state index in [1.165, 1.54) is 0 Å². The summed E-state index contributed by atoms with van der Waals surface area (Å²) in [5, 5.41) is 0. The van der Waals surface area contributed by atoms with E-state index >= 15 is 0 Å². The Balaban J connectivity index is 3.94. The molecule has 0 aromatic rings. The Morgan fingerprint density at radius 3 is 2.56 bits per heavy atom. The summed E-state index contributed by atoms with van der Waals surface area (Å²) in [6, 6.07) is 0. The zero-order valence-electron chi connectivity index (χ0n) is 6.23. The first-order valence-electron chi connectivity index (χ1n) is 3.03. The number of hydrogen-bond donors (Lipinski definition) is 0. The van der Waals surface area contributed by atoms with Crippen LogP contribution in [0.5, 0.6) is 0 Å². The van der Waals surface area contributed by atoms with Crippen LogP contribution in [0.3, 0.4) is 0 Å². The van der Waals surface area contributed by atoms with Gasteiger partial charge in [-0.15, -0.1) is 5.92 Å². The van der Waals surface area contributed by atoms with Gasteiger partial charge in [-0.1, -0.05) is 24.1 Å². The lowest BCUT2D eigenvalue weighted by atomic mass is 10.3. The van der Waals surface area contributed by atoms with Crippen LogP contribution >= 0.6 is 0 Å². The van der Waals surface area contributed by atoms with Crippen LogP contribution in [-0.2, 0) is 0 Å². The van der Waals surface area contributed by atoms with Gasteiger partial charge in [0, 0.05) is 0 Å². The molecule has 0 aliphatic heterocycles. The Morgan fingerprint density at radius 2 is 2.11 bits per heavy atom. The van der Waals surface area contributed by atoms with E-state index in [0.717, 1.165) is 5.57 Å². The van der Waals surface area contributed by atoms with Crippen molar-refractivity contribution in [1.82, 2.24) is 0 Å². The molecule has 0 fully saturated rings. The average molecular weight is 120 g/mol. The molecule has 0 saturated carbocycles. The Kier molecular flexibility index (Phi) is 4.63. The molecular weight excluding hydrogens is 108 g/mol. The number of rotatable bonds is 1. The molecule has 0 nitrogen and oxygen atoms in total. The summed E-state index contributed by atoms with van der Waals surface area (Å²) in [5.41, 5.74) is 1.11. The maximum atomic E-state index is 2.94. The van der Waals surface area contributed by atoms with Crippen molar-refractivity contribution >= 4 is 0 Å². The first kappa shape index (κ1) is 8.04. The molecule has 0 radical (unpaired) electrons. The molecular formula is C9H12. The van der Waals surface area contributed by atoms with E-state index in [-0.39, 0.29) is 0 Å². The van der Waals surface area contributed by atoms with Crippen LogP contribution < -0.4 is 0 Å². The molecule has 0 atom stereocenters. The summed E-state index contributed by atoms with van der Waals surface area (Å²) >= 11 is 0. The highest BCUT2D eigenvalue weighted by Crippen LogP contribution is 1.88. The van der Waals surface area contributed by atoms with Gasteiger partial charge in [0.25, 0.3) is 0 Å². The summed E-state index contributed by atoms with van der Waals surface area (Å²) in [6.07, 6.45) is 5.97. The van der Waals surface area contributed by atoms with Crippen LogP contribution in [0, 0.1) is 11.8 Å². The summed E-state index contributed by atoms with van der Waals surface area (Å²) in [7, 11) is 0. The van der Waals surface area contributed by atoms with E-state index in [1.54, 1.807) is 0 Å². The standard InChI is InChI=1S/C9H12/c1-4-6-8-9(3)7-5-2/h4,6,8H,1-3H3/b6-4+,9-8-. The van der Waals surface area contributed by atoms with Crippen molar-refractivity contribution in [2.45, 2.75) is 20.8 Å². The molecule has 0 N–H and O–H groups in total. The van der Waals surface area contributed by atoms with Crippen molar-refractivity contribution in [1.29, 1.82) is 0 Å². The van der Waals surface area contributed by atoms with Crippen LogP contribution in [0.4, 0.5) is 0 Å². The molecule has 9 heavy (non-hydrogen) atoms. The normalized spacial score (nSPS) is 11.2. The Labute approximate surface area is 57.3 Å². The molecule has 0 saturated heterocycles. The fraction of sp³-hybridized carbons (Fsp3) is 0.333. The molecule has 0 unspecified atom stereocenters. The maximum absolute atomic E-state index is 2.94. The highest BCUT2D eigenvalue weighted by molar-refractivity contribution is 5.28. The highest BCUT2D eigenvalue weighted by Gasteiger charge is 1.72. The molecule has 0 heterocycles. The zero-order valence-corrected chi connectivity index (χ0v) is 6.23. The Bertz CT molecular complexity index is 172. The van der Waals surface area contributed by atoms with E-state index in [4.69, 9.17) is 0 Å². The summed E-state index contributed by atoms with van der Waals surface area (Å²) in [6.45, 7) is 5.83. The van der Waals surface area contributed by atoms with Crippen molar-refractivity contribution in [3.63, 3.8) is 0 Å². The maximum Gasteiger partial charge on any atom is -0.00110 e. The van der Waals surface area contributed by atoms with Gasteiger partial charge in [0.2, 0.25) is 0 Å². The molecule has 0 aliphatic carbocycles. The first-order chi connectivity index (χ1) is 4.31. The van der Waals surface area contributed by atoms with Crippen molar-refractivity contribution in [2.24, 2.45) is 0 Å². The quantitative estimate of drug-likeness (QED) is 0.368. The fourth-order valence-electron chi connectivity index (χ4n) is 0.479. The van der Waals surface area contributed by atoms with Crippen LogP contribution in [0.15, 0.2) is 23.8 Å². The van der Waals surface area contributed by atoms with Gasteiger partial charge in [-0.3, -0.25) is 0 Å². The van der Waals surface area contributed by atoms with E-state index in [2.05, 4.69) is 11.8 Å². The molecule has 0 amide bonds. The molecule has 48 valence electrons. The van der Waals surface area contributed by atoms with Gasteiger partial charge >= 0.3 is 0 Å². The first-order valence-corrected chi connectivity index (χ1v) is 3.03. The Hall–Kier alpha value is -0.960.